The zero-order valence-corrected chi connectivity index (χ0v) is 10.8. The molecule has 0 aliphatic heterocycles. The van der Waals surface area contributed by atoms with Gasteiger partial charge in [-0.2, -0.15) is 0 Å². The lowest BCUT2D eigenvalue weighted by Gasteiger charge is -2.25. The number of thiocarbonyl (C=S) groups is 1. The SMILES string of the molecule is NC(=S)CCCOC1CCCc2ccccc21. The third-order valence-electron chi connectivity index (χ3n) is 3.20. The van der Waals surface area contributed by atoms with Crippen LogP contribution < -0.4 is 5.73 Å². The molecular formula is C14H19NOS. The molecule has 0 saturated carbocycles. The molecule has 92 valence electrons. The summed E-state index contributed by atoms with van der Waals surface area (Å²) in [6.07, 6.45) is 5.51. The number of aryl methyl sites for hydroxylation is 1. The second-order valence-electron chi connectivity index (χ2n) is 4.52. The molecule has 0 bridgehead atoms. The average Bonchev–Trinajstić information content (AvgIpc) is 2.34. The maximum Gasteiger partial charge on any atom is 0.0827 e. The van der Waals surface area contributed by atoms with Crippen LogP contribution in [0.4, 0.5) is 0 Å². The Bertz CT molecular complexity index is 392. The number of nitrogens with two attached hydrogens (primary N) is 1. The Balaban J connectivity index is 1.88. The Morgan fingerprint density at radius 2 is 2.24 bits per heavy atom. The first-order valence-corrected chi connectivity index (χ1v) is 6.66. The number of hydrogen-bond donors (Lipinski definition) is 1. The first kappa shape index (κ1) is 12.5. The number of rotatable bonds is 5. The summed E-state index contributed by atoms with van der Waals surface area (Å²) in [7, 11) is 0. The van der Waals surface area contributed by atoms with Gasteiger partial charge in [0, 0.05) is 6.61 Å². The van der Waals surface area contributed by atoms with Crippen LogP contribution in [0.15, 0.2) is 24.3 Å². The van der Waals surface area contributed by atoms with Crippen molar-refractivity contribution < 1.29 is 4.74 Å². The normalized spacial score (nSPS) is 18.7. The topological polar surface area (TPSA) is 35.2 Å². The highest BCUT2D eigenvalue weighted by Gasteiger charge is 2.19. The second-order valence-corrected chi connectivity index (χ2v) is 5.04. The lowest BCUT2D eigenvalue weighted by Crippen LogP contribution is -2.14. The third-order valence-corrected chi connectivity index (χ3v) is 3.41. The highest BCUT2D eigenvalue weighted by atomic mass is 32.1. The summed E-state index contributed by atoms with van der Waals surface area (Å²) in [5, 5.41) is 0. The molecule has 2 nitrogen and oxygen atoms in total. The molecule has 1 aromatic carbocycles. The molecule has 1 unspecified atom stereocenters. The van der Waals surface area contributed by atoms with E-state index in [2.05, 4.69) is 24.3 Å². The van der Waals surface area contributed by atoms with Gasteiger partial charge < -0.3 is 10.5 Å². The fourth-order valence-electron chi connectivity index (χ4n) is 2.35. The summed E-state index contributed by atoms with van der Waals surface area (Å²) in [6.45, 7) is 0.746. The van der Waals surface area contributed by atoms with E-state index in [1.165, 1.54) is 24.0 Å². The standard InChI is InChI=1S/C14H19NOS/c15-14(17)9-4-10-16-13-8-3-6-11-5-1-2-7-12(11)13/h1-2,5,7,13H,3-4,6,8-10H2,(H2,15,17). The molecule has 0 aromatic heterocycles. The van der Waals surface area contributed by atoms with Gasteiger partial charge in [0.25, 0.3) is 0 Å². The van der Waals surface area contributed by atoms with Crippen molar-refractivity contribution in [1.82, 2.24) is 0 Å². The van der Waals surface area contributed by atoms with Crippen molar-refractivity contribution >= 4 is 17.2 Å². The number of benzene rings is 1. The van der Waals surface area contributed by atoms with Gasteiger partial charge in [0.15, 0.2) is 0 Å². The average molecular weight is 249 g/mol. The van der Waals surface area contributed by atoms with Gasteiger partial charge in [-0.1, -0.05) is 36.5 Å². The lowest BCUT2D eigenvalue weighted by molar-refractivity contribution is 0.0401. The van der Waals surface area contributed by atoms with Crippen molar-refractivity contribution in [2.24, 2.45) is 5.73 Å². The summed E-state index contributed by atoms with van der Waals surface area (Å²) in [4.78, 5) is 0.581. The molecule has 1 aliphatic rings. The van der Waals surface area contributed by atoms with Crippen molar-refractivity contribution in [1.29, 1.82) is 0 Å². The van der Waals surface area contributed by atoms with Crippen LogP contribution in [0.2, 0.25) is 0 Å². The van der Waals surface area contributed by atoms with Gasteiger partial charge in [0.05, 0.1) is 11.1 Å². The van der Waals surface area contributed by atoms with Crippen molar-refractivity contribution in [3.63, 3.8) is 0 Å². The summed E-state index contributed by atoms with van der Waals surface area (Å²) in [6, 6.07) is 8.59. The molecule has 0 amide bonds. The summed E-state index contributed by atoms with van der Waals surface area (Å²) >= 11 is 4.85. The van der Waals surface area contributed by atoms with E-state index in [-0.39, 0.29) is 6.10 Å². The maximum atomic E-state index is 5.94. The molecule has 1 aliphatic carbocycles. The van der Waals surface area contributed by atoms with Crippen LogP contribution in [0.1, 0.15) is 42.9 Å². The molecule has 0 heterocycles. The minimum absolute atomic E-state index is 0.270. The molecule has 0 saturated heterocycles. The Kier molecular flexibility index (Phi) is 4.51. The smallest absolute Gasteiger partial charge is 0.0827 e. The molecular weight excluding hydrogens is 230 g/mol. The van der Waals surface area contributed by atoms with Crippen molar-refractivity contribution in [3.05, 3.63) is 35.4 Å². The monoisotopic (exact) mass is 249 g/mol. The molecule has 3 heteroatoms. The molecule has 0 fully saturated rings. The molecule has 17 heavy (non-hydrogen) atoms. The molecule has 0 spiro atoms. The highest BCUT2D eigenvalue weighted by Crippen LogP contribution is 2.32. The first-order valence-electron chi connectivity index (χ1n) is 6.25. The van der Waals surface area contributed by atoms with Gasteiger partial charge in [-0.3, -0.25) is 0 Å². The number of ether oxygens (including phenoxy) is 1. The van der Waals surface area contributed by atoms with Gasteiger partial charge in [-0.15, -0.1) is 0 Å². The van der Waals surface area contributed by atoms with Crippen molar-refractivity contribution in [2.75, 3.05) is 6.61 Å². The predicted octanol–water partition coefficient (Wildman–Crippen LogP) is 3.15. The van der Waals surface area contributed by atoms with Gasteiger partial charge in [-0.05, 0) is 43.2 Å². The Morgan fingerprint density at radius 3 is 3.06 bits per heavy atom. The zero-order chi connectivity index (χ0) is 12.1. The van der Waals surface area contributed by atoms with E-state index in [0.717, 1.165) is 25.9 Å². The van der Waals surface area contributed by atoms with Crippen molar-refractivity contribution in [3.8, 4) is 0 Å². The Hall–Kier alpha value is -0.930. The van der Waals surface area contributed by atoms with E-state index in [1.807, 2.05) is 0 Å². The van der Waals surface area contributed by atoms with Crippen molar-refractivity contribution in [2.45, 2.75) is 38.2 Å². The Morgan fingerprint density at radius 1 is 1.41 bits per heavy atom. The molecule has 1 atom stereocenters. The van der Waals surface area contributed by atoms with E-state index >= 15 is 0 Å². The van der Waals surface area contributed by atoms with Crippen LogP contribution in [0.25, 0.3) is 0 Å². The lowest BCUT2D eigenvalue weighted by atomic mass is 9.89. The summed E-state index contributed by atoms with van der Waals surface area (Å²) in [5.41, 5.74) is 8.28. The van der Waals surface area contributed by atoms with E-state index < -0.39 is 0 Å². The zero-order valence-electron chi connectivity index (χ0n) is 10.0. The van der Waals surface area contributed by atoms with Gasteiger partial charge >= 0.3 is 0 Å². The fourth-order valence-corrected chi connectivity index (χ4v) is 2.50. The summed E-state index contributed by atoms with van der Waals surface area (Å²) < 4.78 is 5.94. The quantitative estimate of drug-likeness (QED) is 0.643. The minimum Gasteiger partial charge on any atom is -0.393 e. The van der Waals surface area contributed by atoms with Gasteiger partial charge in [0.1, 0.15) is 0 Å². The van der Waals surface area contributed by atoms with Crippen LogP contribution in [0, 0.1) is 0 Å². The van der Waals surface area contributed by atoms with E-state index in [1.54, 1.807) is 0 Å². The third kappa shape index (κ3) is 3.51. The van der Waals surface area contributed by atoms with Gasteiger partial charge in [-0.25, -0.2) is 0 Å². The van der Waals surface area contributed by atoms with Crippen LogP contribution in [0.3, 0.4) is 0 Å². The van der Waals surface area contributed by atoms with Crippen LogP contribution in [-0.2, 0) is 11.2 Å². The minimum atomic E-state index is 0.270. The predicted molar refractivity (Wildman–Crippen MR) is 74.1 cm³/mol. The first-order chi connectivity index (χ1) is 8.27. The number of hydrogen-bond acceptors (Lipinski definition) is 2. The molecule has 2 N–H and O–H groups in total. The van der Waals surface area contributed by atoms with E-state index in [9.17, 15) is 0 Å². The molecule has 2 rings (SSSR count). The van der Waals surface area contributed by atoms with E-state index in [0.29, 0.717) is 4.99 Å². The molecule has 0 radical (unpaired) electrons. The van der Waals surface area contributed by atoms with E-state index in [4.69, 9.17) is 22.7 Å². The van der Waals surface area contributed by atoms with Crippen LogP contribution >= 0.6 is 12.2 Å². The molecule has 1 aromatic rings. The number of fused-ring (bicyclic) bond motifs is 1. The maximum absolute atomic E-state index is 5.94. The second kappa shape index (κ2) is 6.12. The largest absolute Gasteiger partial charge is 0.393 e. The van der Waals surface area contributed by atoms with Crippen LogP contribution in [0.5, 0.6) is 0 Å². The fraction of sp³-hybridized carbons (Fsp3) is 0.500. The van der Waals surface area contributed by atoms with Crippen LogP contribution in [-0.4, -0.2) is 11.6 Å². The summed E-state index contributed by atoms with van der Waals surface area (Å²) in [5.74, 6) is 0. The van der Waals surface area contributed by atoms with Gasteiger partial charge in [0.2, 0.25) is 0 Å². The Labute approximate surface area is 108 Å². The highest BCUT2D eigenvalue weighted by molar-refractivity contribution is 7.80.